The summed E-state index contributed by atoms with van der Waals surface area (Å²) in [4.78, 5) is 32.9. The summed E-state index contributed by atoms with van der Waals surface area (Å²) in [5.74, 6) is 0.921. The highest BCUT2D eigenvalue weighted by molar-refractivity contribution is 7.16. The molecule has 188 valence electrons. The summed E-state index contributed by atoms with van der Waals surface area (Å²) in [7, 11) is 0. The summed E-state index contributed by atoms with van der Waals surface area (Å²) < 4.78 is 19.7. The average Bonchev–Trinajstić information content (AvgIpc) is 3.37. The zero-order chi connectivity index (χ0) is 25.7. The molecule has 37 heavy (non-hydrogen) atoms. The second kappa shape index (κ2) is 8.97. The first kappa shape index (κ1) is 23.6. The number of hydrogen-bond donors (Lipinski definition) is 1. The fourth-order valence-electron chi connectivity index (χ4n) is 4.72. The number of carbonyl (C=O) groups is 1. The first-order chi connectivity index (χ1) is 17.8. The van der Waals surface area contributed by atoms with Crippen molar-refractivity contribution >= 4 is 17.2 Å². The molecule has 2 aliphatic rings. The minimum atomic E-state index is -0.601. The Morgan fingerprint density at radius 3 is 2.59 bits per heavy atom. The largest absolute Gasteiger partial charge is 0.474 e. The van der Waals surface area contributed by atoms with Gasteiger partial charge in [-0.15, -0.1) is 11.3 Å². The molecule has 1 amide bonds. The highest BCUT2D eigenvalue weighted by Crippen LogP contribution is 2.45. The van der Waals surface area contributed by atoms with E-state index in [1.165, 1.54) is 23.5 Å². The monoisotopic (exact) mass is 516 g/mol. The second-order valence-electron chi connectivity index (χ2n) is 9.99. The number of thiazole rings is 1. The van der Waals surface area contributed by atoms with Gasteiger partial charge in [-0.1, -0.05) is 0 Å². The number of carbonyl (C=O) groups excluding carboxylic acids is 1. The lowest BCUT2D eigenvalue weighted by atomic mass is 9.68. The van der Waals surface area contributed by atoms with Crippen molar-refractivity contribution in [3.63, 3.8) is 0 Å². The van der Waals surface area contributed by atoms with Gasteiger partial charge in [-0.2, -0.15) is 0 Å². The number of pyridine rings is 1. The van der Waals surface area contributed by atoms with Crippen molar-refractivity contribution in [2.75, 3.05) is 6.54 Å². The van der Waals surface area contributed by atoms with E-state index in [-0.39, 0.29) is 29.8 Å². The molecule has 4 heterocycles. The van der Waals surface area contributed by atoms with Crippen LogP contribution in [0.4, 0.5) is 4.39 Å². The fourth-order valence-corrected chi connectivity index (χ4v) is 5.54. The van der Waals surface area contributed by atoms with Crippen molar-refractivity contribution in [1.29, 1.82) is 0 Å². The van der Waals surface area contributed by atoms with E-state index < -0.39 is 5.54 Å². The van der Waals surface area contributed by atoms with Crippen LogP contribution in [0, 0.1) is 11.7 Å². The van der Waals surface area contributed by atoms with Crippen molar-refractivity contribution < 1.29 is 13.9 Å². The lowest BCUT2D eigenvalue weighted by molar-refractivity contribution is -0.119. The number of halogens is 1. The first-order valence-electron chi connectivity index (χ1n) is 12.0. The van der Waals surface area contributed by atoms with Gasteiger partial charge in [-0.05, 0) is 55.8 Å². The van der Waals surface area contributed by atoms with Crippen LogP contribution in [-0.4, -0.2) is 49.4 Å². The number of nitrogens with zero attached hydrogens (tertiary/aromatic N) is 5. The van der Waals surface area contributed by atoms with E-state index in [1.54, 1.807) is 36.8 Å². The minimum Gasteiger partial charge on any atom is -0.474 e. The van der Waals surface area contributed by atoms with Crippen LogP contribution < -0.4 is 10.5 Å². The van der Waals surface area contributed by atoms with Crippen LogP contribution in [0.15, 0.2) is 61.1 Å². The summed E-state index contributed by atoms with van der Waals surface area (Å²) in [5.41, 5.74) is 8.12. The Balaban J connectivity index is 1.14. The molecule has 0 radical (unpaired) electrons. The van der Waals surface area contributed by atoms with E-state index in [0.717, 1.165) is 17.5 Å². The SMILES string of the molecule is CC(C)(N)c1cc(O[C@@H]2C[C@@H]3[C@H]2CN3C(=O)c2cnc(-c3ncccn3)s2)nc(-c2ccc(F)cc2)c1. The number of amides is 1. The molecule has 3 aromatic heterocycles. The molecule has 1 aliphatic heterocycles. The van der Waals surface area contributed by atoms with Crippen LogP contribution in [0.3, 0.4) is 0 Å². The van der Waals surface area contributed by atoms with Gasteiger partial charge in [0.05, 0.1) is 11.9 Å². The Kier molecular flexibility index (Phi) is 5.73. The highest BCUT2D eigenvalue weighted by atomic mass is 32.1. The molecule has 0 bridgehead atoms. The fraction of sp³-hybridized carbons (Fsp3) is 0.296. The van der Waals surface area contributed by atoms with Gasteiger partial charge in [0, 0.05) is 54.5 Å². The van der Waals surface area contributed by atoms with E-state index in [1.807, 2.05) is 30.9 Å². The molecule has 1 saturated heterocycles. The molecule has 6 rings (SSSR count). The molecule has 1 saturated carbocycles. The van der Waals surface area contributed by atoms with Gasteiger partial charge < -0.3 is 15.4 Å². The van der Waals surface area contributed by atoms with Gasteiger partial charge >= 0.3 is 0 Å². The summed E-state index contributed by atoms with van der Waals surface area (Å²) in [6.07, 6.45) is 5.60. The zero-order valence-electron chi connectivity index (χ0n) is 20.3. The minimum absolute atomic E-state index is 0.0250. The lowest BCUT2D eigenvalue weighted by Crippen LogP contribution is -2.71. The van der Waals surface area contributed by atoms with Gasteiger partial charge in [-0.3, -0.25) is 4.79 Å². The van der Waals surface area contributed by atoms with Gasteiger partial charge in [0.15, 0.2) is 10.8 Å². The van der Waals surface area contributed by atoms with Crippen LogP contribution in [0.1, 0.15) is 35.5 Å². The average molecular weight is 517 g/mol. The van der Waals surface area contributed by atoms with E-state index in [4.69, 9.17) is 10.5 Å². The maximum absolute atomic E-state index is 13.4. The number of hydrogen-bond acceptors (Lipinski definition) is 8. The van der Waals surface area contributed by atoms with Crippen LogP contribution >= 0.6 is 11.3 Å². The van der Waals surface area contributed by atoms with E-state index in [2.05, 4.69) is 19.9 Å². The normalized spacial score (nSPS) is 20.5. The third-order valence-corrected chi connectivity index (χ3v) is 7.93. The van der Waals surface area contributed by atoms with Crippen molar-refractivity contribution in [3.8, 4) is 28.0 Å². The maximum atomic E-state index is 13.4. The summed E-state index contributed by atoms with van der Waals surface area (Å²) in [5, 5.41) is 0.626. The number of aromatic nitrogens is 4. The van der Waals surface area contributed by atoms with Crippen LogP contribution in [0.25, 0.3) is 22.1 Å². The number of piperidine rings is 1. The third kappa shape index (κ3) is 4.47. The topological polar surface area (TPSA) is 107 Å². The van der Waals surface area contributed by atoms with Gasteiger partial charge in [0.25, 0.3) is 5.91 Å². The summed E-state index contributed by atoms with van der Waals surface area (Å²) in [6, 6.07) is 11.9. The smallest absolute Gasteiger partial charge is 0.265 e. The maximum Gasteiger partial charge on any atom is 0.265 e. The quantitative estimate of drug-likeness (QED) is 0.407. The molecule has 8 nitrogen and oxygen atoms in total. The number of fused-ring (bicyclic) bond motifs is 1. The number of benzene rings is 1. The number of ether oxygens (including phenoxy) is 1. The van der Waals surface area contributed by atoms with Gasteiger partial charge in [0.2, 0.25) is 5.88 Å². The lowest BCUT2D eigenvalue weighted by Gasteiger charge is -2.59. The van der Waals surface area contributed by atoms with Crippen LogP contribution in [0.2, 0.25) is 0 Å². The molecule has 3 atom stereocenters. The van der Waals surface area contributed by atoms with Crippen molar-refractivity contribution in [2.24, 2.45) is 11.7 Å². The van der Waals surface area contributed by atoms with Gasteiger partial charge in [-0.25, -0.2) is 24.3 Å². The third-order valence-electron chi connectivity index (χ3n) is 6.95. The number of likely N-dealkylation sites (tertiary alicyclic amines) is 1. The molecule has 2 fully saturated rings. The summed E-state index contributed by atoms with van der Waals surface area (Å²) in [6.45, 7) is 4.46. The number of rotatable bonds is 6. The predicted molar refractivity (Wildman–Crippen MR) is 137 cm³/mol. The zero-order valence-corrected chi connectivity index (χ0v) is 21.2. The van der Waals surface area contributed by atoms with E-state index >= 15 is 0 Å². The van der Waals surface area contributed by atoms with Crippen molar-refractivity contribution in [3.05, 3.63) is 77.3 Å². The molecule has 10 heteroatoms. The van der Waals surface area contributed by atoms with Crippen LogP contribution in [0.5, 0.6) is 5.88 Å². The molecular formula is C27H25FN6O2S. The molecular weight excluding hydrogens is 491 g/mol. The Labute approximate surface area is 217 Å². The highest BCUT2D eigenvalue weighted by Gasteiger charge is 2.56. The van der Waals surface area contributed by atoms with Crippen molar-refractivity contribution in [1.82, 2.24) is 24.8 Å². The van der Waals surface area contributed by atoms with E-state index in [0.29, 0.717) is 33.8 Å². The molecule has 2 N–H and O–H groups in total. The number of nitrogens with two attached hydrogens (primary N) is 1. The molecule has 0 unspecified atom stereocenters. The molecule has 4 aromatic rings. The standard InChI is InChI=1S/C27H25FN6O2S/c1-27(2,29)16-10-19(15-4-6-17(28)7-5-15)33-23(11-16)36-21-12-20-18(21)14-34(20)26(35)22-13-32-25(37-22)24-30-8-3-9-31-24/h3-11,13,18,20-21H,12,14,29H2,1-2H3/t18-,20-,21-/m1/s1. The summed E-state index contributed by atoms with van der Waals surface area (Å²) >= 11 is 1.30. The Hall–Kier alpha value is -3.76. The molecule has 1 aromatic carbocycles. The second-order valence-corrected chi connectivity index (χ2v) is 11.0. The van der Waals surface area contributed by atoms with Gasteiger partial charge in [0.1, 0.15) is 16.8 Å². The Bertz CT molecular complexity index is 1450. The Morgan fingerprint density at radius 1 is 1.16 bits per heavy atom. The molecule has 1 aliphatic carbocycles. The first-order valence-corrected chi connectivity index (χ1v) is 12.9. The van der Waals surface area contributed by atoms with Crippen LogP contribution in [-0.2, 0) is 5.54 Å². The predicted octanol–water partition coefficient (Wildman–Crippen LogP) is 4.29. The Morgan fingerprint density at radius 2 is 1.92 bits per heavy atom. The molecule has 0 spiro atoms. The van der Waals surface area contributed by atoms with Crippen molar-refractivity contribution in [2.45, 2.75) is 38.0 Å². The van der Waals surface area contributed by atoms with E-state index in [9.17, 15) is 9.18 Å².